The molecule has 0 saturated heterocycles. The summed E-state index contributed by atoms with van der Waals surface area (Å²) in [7, 11) is 0. The maximum atomic E-state index is 10.6. The van der Waals surface area contributed by atoms with Crippen molar-refractivity contribution in [1.29, 1.82) is 31.6 Å². The van der Waals surface area contributed by atoms with Crippen LogP contribution in [-0.4, -0.2) is 23.3 Å². The first-order chi connectivity index (χ1) is 43.4. The molecule has 11 aromatic carbocycles. The molecule has 0 fully saturated rings. The number of benzene rings is 11. The Bertz CT molecular complexity index is 5740. The Balaban J connectivity index is 1.18. The van der Waals surface area contributed by atoms with Gasteiger partial charge < -0.3 is 13.7 Å². The molecule has 88 heavy (non-hydrogen) atoms. The van der Waals surface area contributed by atoms with Crippen LogP contribution in [0.4, 0.5) is 0 Å². The molecule has 0 aliphatic carbocycles. The van der Waals surface area contributed by atoms with Gasteiger partial charge in [0.1, 0.15) is 0 Å². The van der Waals surface area contributed by atoms with Gasteiger partial charge in [0, 0.05) is 59.9 Å². The molecule has 0 saturated carbocycles. The Labute approximate surface area is 502 Å². The molecule has 11 heteroatoms. The lowest BCUT2D eigenvalue weighted by atomic mass is 9.90. The monoisotopic (exact) mass is 1120 g/mol. The summed E-state index contributed by atoms with van der Waals surface area (Å²) in [6.07, 6.45) is 0. The van der Waals surface area contributed by atoms with E-state index in [9.17, 15) is 31.6 Å². The highest BCUT2D eigenvalue weighted by atomic mass is 15.1. The van der Waals surface area contributed by atoms with E-state index in [2.05, 4.69) is 152 Å². The molecule has 5 aromatic heterocycles. The largest absolute Gasteiger partial charge is 0.309 e. The molecule has 0 atom stereocenters. The van der Waals surface area contributed by atoms with Gasteiger partial charge in [-0.1, -0.05) is 103 Å². The second-order valence-electron chi connectivity index (χ2n) is 21.8. The molecule has 11 nitrogen and oxygen atoms in total. The number of aromatic nitrogens is 5. The van der Waals surface area contributed by atoms with Crippen LogP contribution in [0.3, 0.4) is 0 Å². The fraction of sp³-hybridized carbons (Fsp3) is 0. The molecule has 0 amide bonds. The summed E-state index contributed by atoms with van der Waals surface area (Å²) < 4.78 is 8.84. The minimum atomic E-state index is 0.435. The zero-order valence-corrected chi connectivity index (χ0v) is 46.4. The standard InChI is InChI=1S/C77H39N11/c78-40-46-18-28-67-59(34-46)60-35-47(41-79)19-29-68(60)86(67)75-73(58-15-5-4-12-55(58)52-10-2-1-3-11-52)76(87-69-30-20-48(42-80)36-61(69)62-37-49(43-81)21-31-70(62)87)77(88-71-32-22-50(44-82)38-63(71)64-39-51(45-83)23-33-72(64)88)84-74(75)53-24-26-54(27-25-53)85-65-16-8-6-13-56(65)57-14-7-9-17-66(57)85/h1-39H. The van der Waals surface area contributed by atoms with Gasteiger partial charge in [0.2, 0.25) is 0 Å². The fourth-order valence-corrected chi connectivity index (χ4v) is 13.3. The van der Waals surface area contributed by atoms with Crippen LogP contribution in [0, 0.1) is 68.0 Å². The molecule has 16 aromatic rings. The zero-order valence-electron chi connectivity index (χ0n) is 46.4. The smallest absolute Gasteiger partial charge is 0.163 e. The van der Waals surface area contributed by atoms with Crippen molar-refractivity contribution < 1.29 is 0 Å². The number of nitriles is 6. The van der Waals surface area contributed by atoms with E-state index in [-0.39, 0.29) is 0 Å². The van der Waals surface area contributed by atoms with E-state index < -0.39 is 0 Å². The minimum absolute atomic E-state index is 0.435. The van der Waals surface area contributed by atoms with Gasteiger partial charge in [-0.15, -0.1) is 0 Å². The summed E-state index contributed by atoms with van der Waals surface area (Å²) in [6, 6.07) is 91.9. The highest BCUT2D eigenvalue weighted by molar-refractivity contribution is 6.16. The van der Waals surface area contributed by atoms with Crippen molar-refractivity contribution in [3.63, 3.8) is 0 Å². The molecule has 0 N–H and O–H groups in total. The number of nitrogens with zero attached hydrogens (tertiary/aromatic N) is 11. The zero-order chi connectivity index (χ0) is 59.3. The van der Waals surface area contributed by atoms with Gasteiger partial charge >= 0.3 is 0 Å². The molecule has 0 aliphatic rings. The minimum Gasteiger partial charge on any atom is -0.309 e. The van der Waals surface area contributed by atoms with Crippen molar-refractivity contribution in [3.8, 4) is 92.8 Å². The van der Waals surface area contributed by atoms with E-state index in [0.717, 1.165) is 110 Å². The van der Waals surface area contributed by atoms with E-state index in [0.29, 0.717) is 67.3 Å². The molecular weight excluding hydrogens is 1080 g/mol. The van der Waals surface area contributed by atoms with Crippen LogP contribution < -0.4 is 0 Å². The summed E-state index contributed by atoms with van der Waals surface area (Å²) in [6.45, 7) is 0. The van der Waals surface area contributed by atoms with E-state index >= 15 is 0 Å². The summed E-state index contributed by atoms with van der Waals surface area (Å²) >= 11 is 0. The van der Waals surface area contributed by atoms with Crippen LogP contribution in [-0.2, 0) is 0 Å². The van der Waals surface area contributed by atoms with Crippen molar-refractivity contribution in [2.24, 2.45) is 0 Å². The Kier molecular flexibility index (Phi) is 11.3. The predicted molar refractivity (Wildman–Crippen MR) is 346 cm³/mol. The number of fused-ring (bicyclic) bond motifs is 12. The normalized spacial score (nSPS) is 11.3. The summed E-state index contributed by atoms with van der Waals surface area (Å²) in [5.41, 5.74) is 16.0. The number of rotatable bonds is 7. The quantitative estimate of drug-likeness (QED) is 0.153. The number of para-hydroxylation sites is 2. The third kappa shape index (κ3) is 7.47. The first-order valence-corrected chi connectivity index (χ1v) is 28.4. The van der Waals surface area contributed by atoms with Crippen LogP contribution in [0.25, 0.3) is 144 Å². The van der Waals surface area contributed by atoms with Gasteiger partial charge in [-0.3, -0.25) is 4.57 Å². The number of hydrogen-bond donors (Lipinski definition) is 0. The highest BCUT2D eigenvalue weighted by Crippen LogP contribution is 2.51. The SMILES string of the molecule is N#Cc1ccc2c(c1)c1cc(C#N)ccc1n2-c1nc(-c2ccc(-n3c4ccccc4c4ccccc43)cc2)c(-n2c3ccc(C#N)cc3c3cc(C#N)ccc32)c(-c2ccccc2-c2ccccc2)c1-n1c2ccc(C#N)cc2c2cc(C#N)ccc21. The molecule has 5 heterocycles. The molecular formula is C77H39N11. The van der Waals surface area contributed by atoms with Crippen molar-refractivity contribution >= 4 is 87.2 Å². The van der Waals surface area contributed by atoms with E-state index in [1.54, 1.807) is 24.3 Å². The van der Waals surface area contributed by atoms with E-state index in [1.807, 2.05) is 115 Å². The van der Waals surface area contributed by atoms with Crippen LogP contribution in [0.2, 0.25) is 0 Å². The van der Waals surface area contributed by atoms with Gasteiger partial charge in [-0.05, 0) is 150 Å². The Morgan fingerprint density at radius 3 is 1.01 bits per heavy atom. The lowest BCUT2D eigenvalue weighted by molar-refractivity contribution is 1.01. The third-order valence-corrected chi connectivity index (χ3v) is 17.1. The molecule has 402 valence electrons. The maximum Gasteiger partial charge on any atom is 0.163 e. The van der Waals surface area contributed by atoms with Gasteiger partial charge in [0.15, 0.2) is 5.82 Å². The number of pyridine rings is 1. The lowest BCUT2D eigenvalue weighted by Gasteiger charge is -2.27. The van der Waals surface area contributed by atoms with Crippen molar-refractivity contribution in [2.45, 2.75) is 0 Å². The average molecular weight is 1120 g/mol. The van der Waals surface area contributed by atoms with Crippen LogP contribution in [0.5, 0.6) is 0 Å². The molecule has 0 bridgehead atoms. The van der Waals surface area contributed by atoms with Gasteiger partial charge in [0.05, 0.1) is 131 Å². The summed E-state index contributed by atoms with van der Waals surface area (Å²) in [5.74, 6) is 0.476. The van der Waals surface area contributed by atoms with Crippen LogP contribution in [0.15, 0.2) is 237 Å². The van der Waals surface area contributed by atoms with Gasteiger partial charge in [0.25, 0.3) is 0 Å². The first kappa shape index (κ1) is 50.4. The van der Waals surface area contributed by atoms with Crippen LogP contribution >= 0.6 is 0 Å². The van der Waals surface area contributed by atoms with Crippen molar-refractivity contribution in [1.82, 2.24) is 23.3 Å². The Morgan fingerprint density at radius 2 is 0.602 bits per heavy atom. The third-order valence-electron chi connectivity index (χ3n) is 17.1. The second kappa shape index (κ2) is 19.7. The molecule has 0 radical (unpaired) electrons. The molecule has 16 rings (SSSR count). The summed E-state index contributed by atoms with van der Waals surface area (Å²) in [5, 5.41) is 69.9. The molecule has 0 unspecified atom stereocenters. The first-order valence-electron chi connectivity index (χ1n) is 28.4. The topological polar surface area (TPSA) is 175 Å². The lowest BCUT2D eigenvalue weighted by Crippen LogP contribution is -2.14. The Morgan fingerprint density at radius 1 is 0.261 bits per heavy atom. The number of hydrogen-bond acceptors (Lipinski definition) is 7. The average Bonchev–Trinajstić information content (AvgIpc) is 1.46. The predicted octanol–water partition coefficient (Wildman–Crippen LogP) is 17.7. The highest BCUT2D eigenvalue weighted by Gasteiger charge is 2.33. The van der Waals surface area contributed by atoms with E-state index in [1.165, 1.54) is 0 Å². The van der Waals surface area contributed by atoms with Crippen LogP contribution in [0.1, 0.15) is 33.4 Å². The van der Waals surface area contributed by atoms with Gasteiger partial charge in [-0.2, -0.15) is 31.6 Å². The van der Waals surface area contributed by atoms with Crippen molar-refractivity contribution in [2.75, 3.05) is 0 Å². The molecule has 0 spiro atoms. The second-order valence-corrected chi connectivity index (χ2v) is 21.8. The Hall–Kier alpha value is -13.3. The van der Waals surface area contributed by atoms with E-state index in [4.69, 9.17) is 4.98 Å². The fourth-order valence-electron chi connectivity index (χ4n) is 13.3. The maximum absolute atomic E-state index is 10.6. The van der Waals surface area contributed by atoms with Crippen molar-refractivity contribution in [3.05, 3.63) is 270 Å². The summed E-state index contributed by atoms with van der Waals surface area (Å²) in [4.78, 5) is 6.20. The molecule has 0 aliphatic heterocycles. The van der Waals surface area contributed by atoms with Gasteiger partial charge in [-0.25, -0.2) is 4.98 Å².